The van der Waals surface area contributed by atoms with Crippen LogP contribution in [0.3, 0.4) is 0 Å². The van der Waals surface area contributed by atoms with Crippen LogP contribution in [0, 0.1) is 0 Å². The van der Waals surface area contributed by atoms with E-state index in [2.05, 4.69) is 10.3 Å². The third-order valence-electron chi connectivity index (χ3n) is 8.53. The number of nitrogens with two attached hydrogens (primary N) is 1. The molecule has 0 bridgehead atoms. The zero-order valence-electron chi connectivity index (χ0n) is 25.2. The molecule has 0 unspecified atom stereocenters. The maximum absolute atomic E-state index is 14.8. The monoisotopic (exact) mass is 615 g/mol. The number of nitrogen functional groups attached to an aromatic ring is 1. The number of rotatable bonds is 8. The Labute approximate surface area is 265 Å². The second kappa shape index (κ2) is 12.7. The first-order valence-electron chi connectivity index (χ1n) is 15.1. The highest BCUT2D eigenvalue weighted by Crippen LogP contribution is 2.30. The molecule has 1 fully saturated rings. The van der Waals surface area contributed by atoms with Crippen molar-refractivity contribution in [1.82, 2.24) is 15.2 Å². The maximum Gasteiger partial charge on any atom is 0.326 e. The molecule has 1 aliphatic rings. The van der Waals surface area contributed by atoms with Gasteiger partial charge in [0, 0.05) is 29.4 Å². The van der Waals surface area contributed by atoms with Crippen molar-refractivity contribution in [2.75, 3.05) is 17.2 Å². The molecular formula is C36H33N5O5. The summed E-state index contributed by atoms with van der Waals surface area (Å²) in [4.78, 5) is 61.3. The van der Waals surface area contributed by atoms with Gasteiger partial charge in [0.1, 0.15) is 23.9 Å². The minimum absolute atomic E-state index is 0.276. The van der Waals surface area contributed by atoms with Crippen LogP contribution in [0.4, 0.5) is 11.5 Å². The third kappa shape index (κ3) is 5.84. The van der Waals surface area contributed by atoms with Crippen molar-refractivity contribution in [2.45, 2.75) is 37.9 Å². The highest BCUT2D eigenvalue weighted by molar-refractivity contribution is 6.08. The molecule has 0 spiro atoms. The van der Waals surface area contributed by atoms with Crippen molar-refractivity contribution < 1.29 is 24.3 Å². The van der Waals surface area contributed by atoms with Crippen LogP contribution >= 0.6 is 0 Å². The molecule has 1 aromatic heterocycles. The van der Waals surface area contributed by atoms with Gasteiger partial charge in [0.15, 0.2) is 0 Å². The number of hydrogen-bond donors (Lipinski definition) is 3. The van der Waals surface area contributed by atoms with Crippen LogP contribution in [0.5, 0.6) is 0 Å². The van der Waals surface area contributed by atoms with Crippen molar-refractivity contribution in [3.63, 3.8) is 0 Å². The Hall–Kier alpha value is -5.77. The van der Waals surface area contributed by atoms with E-state index in [1.165, 1.54) is 9.80 Å². The van der Waals surface area contributed by atoms with Gasteiger partial charge in [-0.1, -0.05) is 66.7 Å². The largest absolute Gasteiger partial charge is 0.480 e. The van der Waals surface area contributed by atoms with Crippen molar-refractivity contribution in [3.8, 4) is 0 Å². The molecule has 0 saturated carbocycles. The fraction of sp³-hybridized carbons (Fsp3) is 0.194. The number of carbonyl (C=O) groups excluding carboxylic acids is 3. The van der Waals surface area contributed by atoms with Gasteiger partial charge in [-0.05, 0) is 71.8 Å². The van der Waals surface area contributed by atoms with Crippen LogP contribution in [0.1, 0.15) is 41.7 Å². The Balaban J connectivity index is 1.41. The van der Waals surface area contributed by atoms with Gasteiger partial charge in [0.05, 0.1) is 0 Å². The van der Waals surface area contributed by atoms with Gasteiger partial charge in [-0.3, -0.25) is 19.3 Å². The lowest BCUT2D eigenvalue weighted by Gasteiger charge is -2.35. The van der Waals surface area contributed by atoms with E-state index in [0.29, 0.717) is 29.5 Å². The standard InChI is InChI=1S/C36H33N5O5/c1-22(34(43)40-19-7-12-30(40)36(45)46)41(28-16-15-23-8-5-6-11-26(23)20-28)35(44)31(25-9-3-2-4-10-25)39-33(42)27-14-13-24-17-18-38-32(37)29(24)21-27/h2-6,8-11,13-18,20-22,30-31H,7,12,19H2,1H3,(H2,37,38)(H,39,42)(H,45,46)/t22-,30+,31-/m1/s1. The summed E-state index contributed by atoms with van der Waals surface area (Å²) in [5.41, 5.74) is 7.31. The number of amides is 3. The summed E-state index contributed by atoms with van der Waals surface area (Å²) in [6.07, 6.45) is 2.48. The van der Waals surface area contributed by atoms with E-state index in [4.69, 9.17) is 5.73 Å². The maximum atomic E-state index is 14.8. The molecule has 10 heteroatoms. The number of nitrogens with one attached hydrogen (secondary N) is 1. The lowest BCUT2D eigenvalue weighted by atomic mass is 10.0. The number of carboxylic acid groups (broad SMARTS) is 1. The number of nitrogens with zero attached hydrogens (tertiary/aromatic N) is 3. The van der Waals surface area contributed by atoms with Crippen LogP contribution < -0.4 is 16.0 Å². The SMILES string of the molecule is C[C@H](C(=O)N1CCC[C@H]1C(=O)O)N(C(=O)[C@H](NC(=O)c1ccc2ccnc(N)c2c1)c1ccccc1)c1ccc2ccccc2c1. The van der Waals surface area contributed by atoms with E-state index in [1.807, 2.05) is 36.4 Å². The van der Waals surface area contributed by atoms with Gasteiger partial charge in [0.25, 0.3) is 11.8 Å². The molecule has 5 aromatic rings. The van der Waals surface area contributed by atoms with Gasteiger partial charge in [0.2, 0.25) is 5.91 Å². The van der Waals surface area contributed by atoms with Crippen LogP contribution in [0.2, 0.25) is 0 Å². The summed E-state index contributed by atoms with van der Waals surface area (Å²) in [7, 11) is 0. The highest BCUT2D eigenvalue weighted by Gasteiger charge is 2.41. The lowest BCUT2D eigenvalue weighted by molar-refractivity contribution is -0.148. The van der Waals surface area contributed by atoms with Crippen LogP contribution in [0.25, 0.3) is 21.5 Å². The number of pyridine rings is 1. The average Bonchev–Trinajstić information content (AvgIpc) is 3.58. The number of carbonyl (C=O) groups is 4. The van der Waals surface area contributed by atoms with Crippen molar-refractivity contribution in [3.05, 3.63) is 114 Å². The molecule has 3 atom stereocenters. The summed E-state index contributed by atoms with van der Waals surface area (Å²) in [5, 5.41) is 15.9. The molecule has 10 nitrogen and oxygen atoms in total. The Morgan fingerprint density at radius 3 is 2.39 bits per heavy atom. The number of aromatic nitrogens is 1. The number of hydrogen-bond acceptors (Lipinski definition) is 6. The summed E-state index contributed by atoms with van der Waals surface area (Å²) in [5.74, 6) is -2.36. The second-order valence-electron chi connectivity index (χ2n) is 11.4. The summed E-state index contributed by atoms with van der Waals surface area (Å²) in [6.45, 7) is 1.87. The number of fused-ring (bicyclic) bond motifs is 2. The smallest absolute Gasteiger partial charge is 0.326 e. The van der Waals surface area contributed by atoms with Gasteiger partial charge < -0.3 is 21.1 Å². The normalized spacial score (nSPS) is 15.8. The first-order chi connectivity index (χ1) is 22.2. The summed E-state index contributed by atoms with van der Waals surface area (Å²) in [6, 6.07) is 25.5. The second-order valence-corrected chi connectivity index (χ2v) is 11.4. The Bertz CT molecular complexity index is 1960. The minimum atomic E-state index is -1.19. The molecule has 0 aliphatic carbocycles. The van der Waals surface area contributed by atoms with E-state index in [-0.39, 0.29) is 17.9 Å². The average molecular weight is 616 g/mol. The molecule has 0 radical (unpaired) electrons. The van der Waals surface area contributed by atoms with E-state index in [9.17, 15) is 24.3 Å². The molecule has 1 aliphatic heterocycles. The lowest BCUT2D eigenvalue weighted by Crippen LogP contribution is -2.54. The van der Waals surface area contributed by atoms with Crippen molar-refractivity contribution in [1.29, 1.82) is 0 Å². The van der Waals surface area contributed by atoms with Gasteiger partial charge in [-0.2, -0.15) is 0 Å². The molecule has 4 aromatic carbocycles. The highest BCUT2D eigenvalue weighted by atomic mass is 16.4. The number of anilines is 2. The molecule has 3 amide bonds. The third-order valence-corrected chi connectivity index (χ3v) is 8.53. The Morgan fingerprint density at radius 1 is 0.913 bits per heavy atom. The van der Waals surface area contributed by atoms with Crippen LogP contribution in [-0.2, 0) is 14.4 Å². The minimum Gasteiger partial charge on any atom is -0.480 e. The molecule has 232 valence electrons. The topological polar surface area (TPSA) is 146 Å². The number of likely N-dealkylation sites (tertiary alicyclic amines) is 1. The molecule has 46 heavy (non-hydrogen) atoms. The number of carboxylic acids is 1. The quantitative estimate of drug-likeness (QED) is 0.224. The predicted molar refractivity (Wildman–Crippen MR) is 176 cm³/mol. The van der Waals surface area contributed by atoms with E-state index < -0.39 is 41.8 Å². The predicted octanol–water partition coefficient (Wildman–Crippen LogP) is 4.94. The zero-order valence-corrected chi connectivity index (χ0v) is 25.2. The fourth-order valence-electron chi connectivity index (χ4n) is 6.12. The van der Waals surface area contributed by atoms with Crippen molar-refractivity contribution >= 4 is 56.7 Å². The zero-order chi connectivity index (χ0) is 32.4. The Kier molecular flexibility index (Phi) is 8.35. The van der Waals surface area contributed by atoms with E-state index in [0.717, 1.165) is 16.2 Å². The molecule has 1 saturated heterocycles. The fourth-order valence-corrected chi connectivity index (χ4v) is 6.12. The van der Waals surface area contributed by atoms with E-state index in [1.54, 1.807) is 73.8 Å². The Morgan fingerprint density at radius 2 is 1.63 bits per heavy atom. The first-order valence-corrected chi connectivity index (χ1v) is 15.1. The summed E-state index contributed by atoms with van der Waals surface area (Å²) >= 11 is 0. The van der Waals surface area contributed by atoms with E-state index >= 15 is 0 Å². The number of benzene rings is 4. The molecular weight excluding hydrogens is 582 g/mol. The van der Waals surface area contributed by atoms with Gasteiger partial charge >= 0.3 is 5.97 Å². The number of aliphatic carboxylic acids is 1. The summed E-state index contributed by atoms with van der Waals surface area (Å²) < 4.78 is 0. The van der Waals surface area contributed by atoms with Crippen molar-refractivity contribution in [2.24, 2.45) is 0 Å². The van der Waals surface area contributed by atoms with Gasteiger partial charge in [-0.15, -0.1) is 0 Å². The first kappa shape index (κ1) is 30.3. The molecule has 2 heterocycles. The van der Waals surface area contributed by atoms with Crippen LogP contribution in [0.15, 0.2) is 103 Å². The van der Waals surface area contributed by atoms with Crippen LogP contribution in [-0.4, -0.2) is 57.3 Å². The molecule has 4 N–H and O–H groups in total. The molecule has 6 rings (SSSR count). The van der Waals surface area contributed by atoms with Gasteiger partial charge in [-0.25, -0.2) is 9.78 Å².